The summed E-state index contributed by atoms with van der Waals surface area (Å²) >= 11 is 1.10. The third-order valence-corrected chi connectivity index (χ3v) is 5.00. The fourth-order valence-corrected chi connectivity index (χ4v) is 3.28. The summed E-state index contributed by atoms with van der Waals surface area (Å²) in [5, 5.41) is 12.4. The van der Waals surface area contributed by atoms with Gasteiger partial charge in [0, 0.05) is 6.42 Å². The first-order chi connectivity index (χ1) is 9.46. The van der Waals surface area contributed by atoms with E-state index in [2.05, 4.69) is 10.3 Å². The number of hydrogen-bond acceptors (Lipinski definition) is 5. The molecule has 1 fully saturated rings. The molecule has 1 amide bonds. The summed E-state index contributed by atoms with van der Waals surface area (Å²) in [4.78, 5) is 27.2. The summed E-state index contributed by atoms with van der Waals surface area (Å²) in [6, 6.07) is 0. The van der Waals surface area contributed by atoms with Crippen LogP contribution < -0.4 is 11.1 Å². The van der Waals surface area contributed by atoms with Crippen molar-refractivity contribution in [3.63, 3.8) is 0 Å². The quantitative estimate of drug-likeness (QED) is 0.733. The third kappa shape index (κ3) is 3.16. The number of aromatic nitrogens is 1. The first-order valence-electron chi connectivity index (χ1n) is 6.62. The fraction of sp³-hybridized carbons (Fsp3) is 0.615. The molecule has 6 nitrogen and oxygen atoms in total. The molecule has 0 radical (unpaired) electrons. The van der Waals surface area contributed by atoms with Crippen molar-refractivity contribution in [3.05, 3.63) is 15.6 Å². The van der Waals surface area contributed by atoms with E-state index in [0.29, 0.717) is 23.7 Å². The number of thiazole rings is 1. The molecule has 0 unspecified atom stereocenters. The smallest absolute Gasteiger partial charge is 0.347 e. The number of carboxylic acid groups (broad SMARTS) is 1. The number of carbonyl (C=O) groups excluding carboxylic acids is 1. The topological polar surface area (TPSA) is 105 Å². The maximum atomic E-state index is 11.9. The van der Waals surface area contributed by atoms with Crippen LogP contribution in [0.5, 0.6) is 0 Å². The van der Waals surface area contributed by atoms with Crippen molar-refractivity contribution < 1.29 is 14.7 Å². The van der Waals surface area contributed by atoms with Crippen molar-refractivity contribution in [2.45, 2.75) is 39.2 Å². The Morgan fingerprint density at radius 3 is 2.65 bits per heavy atom. The van der Waals surface area contributed by atoms with Crippen molar-refractivity contribution in [2.24, 2.45) is 11.1 Å². The van der Waals surface area contributed by atoms with Gasteiger partial charge in [0.05, 0.1) is 12.2 Å². The molecular weight excluding hydrogens is 278 g/mol. The van der Waals surface area contributed by atoms with Crippen LogP contribution in [0.1, 0.15) is 46.1 Å². The largest absolute Gasteiger partial charge is 0.477 e. The molecule has 1 aliphatic carbocycles. The lowest BCUT2D eigenvalue weighted by Crippen LogP contribution is -2.41. The summed E-state index contributed by atoms with van der Waals surface area (Å²) in [5.74, 6) is -1.02. The molecule has 0 spiro atoms. The van der Waals surface area contributed by atoms with Crippen molar-refractivity contribution in [1.82, 2.24) is 10.3 Å². The Balaban J connectivity index is 1.87. The zero-order valence-corrected chi connectivity index (χ0v) is 12.3. The number of aromatic carboxylic acids is 1. The molecule has 1 aromatic heterocycles. The minimum Gasteiger partial charge on any atom is -0.477 e. The first kappa shape index (κ1) is 14.9. The number of amides is 1. The molecule has 1 aliphatic rings. The minimum atomic E-state index is -0.978. The van der Waals surface area contributed by atoms with Crippen LogP contribution >= 0.6 is 11.3 Å². The SMILES string of the molecule is Cc1nc(CNC(=O)CC2(CN)CCC2)sc1C(=O)O. The van der Waals surface area contributed by atoms with E-state index in [0.717, 1.165) is 30.6 Å². The fourth-order valence-electron chi connectivity index (χ4n) is 2.43. The number of nitrogens with one attached hydrogen (secondary N) is 1. The summed E-state index contributed by atoms with van der Waals surface area (Å²) in [6.45, 7) is 2.47. The number of carboxylic acids is 1. The van der Waals surface area contributed by atoms with E-state index in [-0.39, 0.29) is 22.7 Å². The van der Waals surface area contributed by atoms with Crippen molar-refractivity contribution in [1.29, 1.82) is 0 Å². The number of aryl methyl sites for hydroxylation is 1. The molecule has 110 valence electrons. The first-order valence-corrected chi connectivity index (χ1v) is 7.44. The van der Waals surface area contributed by atoms with Crippen LogP contribution in [0.25, 0.3) is 0 Å². The van der Waals surface area contributed by atoms with E-state index in [1.807, 2.05) is 0 Å². The molecule has 4 N–H and O–H groups in total. The number of carbonyl (C=O) groups is 2. The molecule has 7 heteroatoms. The Hall–Kier alpha value is -1.47. The van der Waals surface area contributed by atoms with E-state index < -0.39 is 5.97 Å². The van der Waals surface area contributed by atoms with E-state index in [4.69, 9.17) is 10.8 Å². The lowest BCUT2D eigenvalue weighted by atomic mass is 9.66. The summed E-state index contributed by atoms with van der Waals surface area (Å²) in [5.41, 5.74) is 6.20. The maximum absolute atomic E-state index is 11.9. The van der Waals surface area contributed by atoms with Gasteiger partial charge in [-0.25, -0.2) is 9.78 Å². The number of nitrogens with two attached hydrogens (primary N) is 1. The highest BCUT2D eigenvalue weighted by molar-refractivity contribution is 7.13. The van der Waals surface area contributed by atoms with Gasteiger partial charge in [-0.3, -0.25) is 4.79 Å². The average Bonchev–Trinajstić information content (AvgIpc) is 2.73. The summed E-state index contributed by atoms with van der Waals surface area (Å²) in [6.07, 6.45) is 3.60. The van der Waals surface area contributed by atoms with E-state index >= 15 is 0 Å². The van der Waals surface area contributed by atoms with Gasteiger partial charge in [-0.05, 0) is 31.7 Å². The van der Waals surface area contributed by atoms with E-state index in [1.54, 1.807) is 6.92 Å². The molecule has 0 aliphatic heterocycles. The van der Waals surface area contributed by atoms with E-state index in [9.17, 15) is 9.59 Å². The predicted octanol–water partition coefficient (Wildman–Crippen LogP) is 1.29. The Kier molecular flexibility index (Phi) is 4.39. The summed E-state index contributed by atoms with van der Waals surface area (Å²) < 4.78 is 0. The third-order valence-electron chi connectivity index (χ3n) is 3.85. The Bertz CT molecular complexity index is 517. The molecule has 1 heterocycles. The zero-order valence-electron chi connectivity index (χ0n) is 11.4. The van der Waals surface area contributed by atoms with Gasteiger partial charge in [-0.2, -0.15) is 0 Å². The molecule has 0 aromatic carbocycles. The molecule has 2 rings (SSSR count). The second kappa shape index (κ2) is 5.88. The van der Waals surface area contributed by atoms with Crippen LogP contribution in [0.4, 0.5) is 0 Å². The molecule has 20 heavy (non-hydrogen) atoms. The number of rotatable bonds is 6. The molecule has 0 atom stereocenters. The van der Waals surface area contributed by atoms with Gasteiger partial charge in [0.1, 0.15) is 9.88 Å². The van der Waals surface area contributed by atoms with Gasteiger partial charge < -0.3 is 16.2 Å². The van der Waals surface area contributed by atoms with Crippen molar-refractivity contribution in [3.8, 4) is 0 Å². The molecule has 1 aromatic rings. The van der Waals surface area contributed by atoms with Crippen molar-refractivity contribution in [2.75, 3.05) is 6.54 Å². The van der Waals surface area contributed by atoms with Crippen LogP contribution in [0.2, 0.25) is 0 Å². The highest BCUT2D eigenvalue weighted by Crippen LogP contribution is 2.42. The van der Waals surface area contributed by atoms with Crippen LogP contribution in [0.3, 0.4) is 0 Å². The number of hydrogen-bond donors (Lipinski definition) is 3. The van der Waals surface area contributed by atoms with Crippen LogP contribution in [-0.4, -0.2) is 28.5 Å². The zero-order chi connectivity index (χ0) is 14.8. The highest BCUT2D eigenvalue weighted by Gasteiger charge is 2.37. The van der Waals surface area contributed by atoms with Gasteiger partial charge in [0.25, 0.3) is 0 Å². The normalized spacial score (nSPS) is 16.5. The Morgan fingerprint density at radius 1 is 1.50 bits per heavy atom. The van der Waals surface area contributed by atoms with Gasteiger partial charge in [0.15, 0.2) is 0 Å². The monoisotopic (exact) mass is 297 g/mol. The van der Waals surface area contributed by atoms with Crippen LogP contribution in [-0.2, 0) is 11.3 Å². The average molecular weight is 297 g/mol. The standard InChI is InChI=1S/C13H19N3O3S/c1-8-11(12(18)19)20-10(16-8)6-15-9(17)5-13(7-14)3-2-4-13/h2-7,14H2,1H3,(H,15,17)(H,18,19). The molecule has 0 bridgehead atoms. The lowest BCUT2D eigenvalue weighted by Gasteiger charge is -2.40. The second-order valence-corrected chi connectivity index (χ2v) is 6.42. The Morgan fingerprint density at radius 2 is 2.20 bits per heavy atom. The van der Waals surface area contributed by atoms with Crippen LogP contribution in [0, 0.1) is 12.3 Å². The maximum Gasteiger partial charge on any atom is 0.347 e. The lowest BCUT2D eigenvalue weighted by molar-refractivity contribution is -0.124. The number of nitrogens with zero attached hydrogens (tertiary/aromatic N) is 1. The van der Waals surface area contributed by atoms with Gasteiger partial charge in [-0.15, -0.1) is 11.3 Å². The molecule has 0 saturated heterocycles. The highest BCUT2D eigenvalue weighted by atomic mass is 32.1. The molecular formula is C13H19N3O3S. The van der Waals surface area contributed by atoms with Gasteiger partial charge >= 0.3 is 5.97 Å². The minimum absolute atomic E-state index is 0.0187. The second-order valence-electron chi connectivity index (χ2n) is 5.34. The molecule has 1 saturated carbocycles. The predicted molar refractivity (Wildman–Crippen MR) is 75.6 cm³/mol. The van der Waals surface area contributed by atoms with Crippen molar-refractivity contribution >= 4 is 23.2 Å². The van der Waals surface area contributed by atoms with Gasteiger partial charge in [0.2, 0.25) is 5.91 Å². The van der Waals surface area contributed by atoms with E-state index in [1.165, 1.54) is 0 Å². The Labute approximate surface area is 121 Å². The summed E-state index contributed by atoms with van der Waals surface area (Å²) in [7, 11) is 0. The van der Waals surface area contributed by atoms with Crippen LogP contribution in [0.15, 0.2) is 0 Å². The van der Waals surface area contributed by atoms with Gasteiger partial charge in [-0.1, -0.05) is 6.42 Å².